The van der Waals surface area contributed by atoms with Crippen molar-refractivity contribution in [2.45, 2.75) is 19.3 Å². The van der Waals surface area contributed by atoms with E-state index in [1.54, 1.807) is 12.4 Å². The standard InChI is InChI=1S/C12H16N2O/c15-12(11-4-2-6-14-9-11)7-10-3-1-5-13-8-10/h2,4,6,9-10,13H,1,3,5,7-8H2. The van der Waals surface area contributed by atoms with Crippen LogP contribution in [0.15, 0.2) is 24.5 Å². The van der Waals surface area contributed by atoms with Gasteiger partial charge in [-0.2, -0.15) is 0 Å². The van der Waals surface area contributed by atoms with E-state index < -0.39 is 0 Å². The number of piperidine rings is 1. The number of carbonyl (C=O) groups excluding carboxylic acids is 1. The number of ketones is 1. The Morgan fingerprint density at radius 2 is 2.53 bits per heavy atom. The van der Waals surface area contributed by atoms with E-state index in [9.17, 15) is 4.79 Å². The Hall–Kier alpha value is -1.22. The fourth-order valence-electron chi connectivity index (χ4n) is 2.01. The zero-order valence-corrected chi connectivity index (χ0v) is 8.78. The fraction of sp³-hybridized carbons (Fsp3) is 0.500. The van der Waals surface area contributed by atoms with Crippen molar-refractivity contribution >= 4 is 5.78 Å². The van der Waals surface area contributed by atoms with Gasteiger partial charge < -0.3 is 5.32 Å². The minimum Gasteiger partial charge on any atom is -0.316 e. The quantitative estimate of drug-likeness (QED) is 0.761. The van der Waals surface area contributed by atoms with E-state index in [4.69, 9.17) is 0 Å². The van der Waals surface area contributed by atoms with Crippen molar-refractivity contribution in [2.75, 3.05) is 13.1 Å². The van der Waals surface area contributed by atoms with E-state index in [1.807, 2.05) is 12.1 Å². The molecule has 2 heterocycles. The maximum absolute atomic E-state index is 11.8. The van der Waals surface area contributed by atoms with Gasteiger partial charge in [-0.1, -0.05) is 0 Å². The molecule has 0 spiro atoms. The van der Waals surface area contributed by atoms with Crippen LogP contribution in [0.1, 0.15) is 29.6 Å². The maximum atomic E-state index is 11.8. The summed E-state index contributed by atoms with van der Waals surface area (Å²) in [5, 5.41) is 3.32. The van der Waals surface area contributed by atoms with Crippen molar-refractivity contribution < 1.29 is 4.79 Å². The molecule has 0 aliphatic carbocycles. The molecule has 0 amide bonds. The molecular formula is C12H16N2O. The number of hydrogen-bond acceptors (Lipinski definition) is 3. The minimum atomic E-state index is 0.219. The molecule has 15 heavy (non-hydrogen) atoms. The number of rotatable bonds is 3. The van der Waals surface area contributed by atoms with Gasteiger partial charge >= 0.3 is 0 Å². The summed E-state index contributed by atoms with van der Waals surface area (Å²) in [7, 11) is 0. The first-order chi connectivity index (χ1) is 7.36. The van der Waals surface area contributed by atoms with Crippen LogP contribution in [0, 0.1) is 5.92 Å². The van der Waals surface area contributed by atoms with Crippen molar-refractivity contribution in [1.29, 1.82) is 0 Å². The predicted molar refractivity (Wildman–Crippen MR) is 58.8 cm³/mol. The largest absolute Gasteiger partial charge is 0.316 e. The third-order valence-corrected chi connectivity index (χ3v) is 2.86. The van der Waals surface area contributed by atoms with Crippen LogP contribution in [-0.4, -0.2) is 23.9 Å². The Morgan fingerprint density at radius 1 is 1.60 bits per heavy atom. The normalized spacial score (nSPS) is 21.2. The molecule has 1 aromatic heterocycles. The highest BCUT2D eigenvalue weighted by atomic mass is 16.1. The van der Waals surface area contributed by atoms with Gasteiger partial charge in [0.25, 0.3) is 0 Å². The smallest absolute Gasteiger partial charge is 0.164 e. The highest BCUT2D eigenvalue weighted by Crippen LogP contribution is 2.16. The molecule has 1 aliphatic rings. The summed E-state index contributed by atoms with van der Waals surface area (Å²) in [6, 6.07) is 3.65. The van der Waals surface area contributed by atoms with Gasteiger partial charge in [0.2, 0.25) is 0 Å². The van der Waals surface area contributed by atoms with E-state index in [1.165, 1.54) is 12.8 Å². The number of carbonyl (C=O) groups is 1. The maximum Gasteiger partial charge on any atom is 0.164 e. The zero-order valence-electron chi connectivity index (χ0n) is 8.78. The molecule has 1 saturated heterocycles. The molecule has 0 aromatic carbocycles. The summed E-state index contributed by atoms with van der Waals surface area (Å²) >= 11 is 0. The molecule has 0 radical (unpaired) electrons. The average Bonchev–Trinajstić information content (AvgIpc) is 2.31. The molecule has 1 aliphatic heterocycles. The third kappa shape index (κ3) is 2.86. The molecule has 1 fully saturated rings. The number of Topliss-reactive ketones (excluding diaryl/α,β-unsaturated/α-hetero) is 1. The molecule has 1 N–H and O–H groups in total. The van der Waals surface area contributed by atoms with Crippen LogP contribution in [0.3, 0.4) is 0 Å². The molecule has 1 aromatic rings. The first-order valence-electron chi connectivity index (χ1n) is 5.50. The van der Waals surface area contributed by atoms with Crippen LogP contribution < -0.4 is 5.32 Å². The molecule has 0 saturated carbocycles. The molecule has 0 bridgehead atoms. The molecule has 80 valence electrons. The second kappa shape index (κ2) is 5.03. The van der Waals surface area contributed by atoms with Crippen molar-refractivity contribution in [1.82, 2.24) is 10.3 Å². The van der Waals surface area contributed by atoms with E-state index >= 15 is 0 Å². The van der Waals surface area contributed by atoms with Gasteiger partial charge in [-0.25, -0.2) is 0 Å². The molecule has 1 atom stereocenters. The van der Waals surface area contributed by atoms with Crippen molar-refractivity contribution in [2.24, 2.45) is 5.92 Å². The van der Waals surface area contributed by atoms with Crippen molar-refractivity contribution in [3.8, 4) is 0 Å². The van der Waals surface area contributed by atoms with Gasteiger partial charge in [0.15, 0.2) is 5.78 Å². The SMILES string of the molecule is O=C(CC1CCCNC1)c1cccnc1. The lowest BCUT2D eigenvalue weighted by Gasteiger charge is -2.21. The summed E-state index contributed by atoms with van der Waals surface area (Å²) in [4.78, 5) is 15.8. The van der Waals surface area contributed by atoms with Gasteiger partial charge in [0, 0.05) is 24.4 Å². The van der Waals surface area contributed by atoms with E-state index in [0.717, 1.165) is 18.7 Å². The molecule has 2 rings (SSSR count). The van der Waals surface area contributed by atoms with Crippen molar-refractivity contribution in [3.05, 3.63) is 30.1 Å². The van der Waals surface area contributed by atoms with Gasteiger partial charge in [-0.3, -0.25) is 9.78 Å². The van der Waals surface area contributed by atoms with Crippen LogP contribution in [-0.2, 0) is 0 Å². The minimum absolute atomic E-state index is 0.219. The van der Waals surface area contributed by atoms with Gasteiger partial charge in [0.1, 0.15) is 0 Å². The van der Waals surface area contributed by atoms with Crippen LogP contribution in [0.5, 0.6) is 0 Å². The summed E-state index contributed by atoms with van der Waals surface area (Å²) in [5.41, 5.74) is 0.739. The number of nitrogens with one attached hydrogen (secondary N) is 1. The fourth-order valence-corrected chi connectivity index (χ4v) is 2.01. The number of pyridine rings is 1. The van der Waals surface area contributed by atoms with Gasteiger partial charge in [-0.15, -0.1) is 0 Å². The summed E-state index contributed by atoms with van der Waals surface area (Å²) in [5.74, 6) is 0.725. The second-order valence-corrected chi connectivity index (χ2v) is 4.08. The summed E-state index contributed by atoms with van der Waals surface area (Å²) in [6.45, 7) is 2.07. The van der Waals surface area contributed by atoms with Crippen LogP contribution in [0.2, 0.25) is 0 Å². The molecule has 3 nitrogen and oxygen atoms in total. The molecule has 1 unspecified atom stereocenters. The predicted octanol–water partition coefficient (Wildman–Crippen LogP) is 1.65. The lowest BCUT2D eigenvalue weighted by molar-refractivity contribution is 0.0953. The summed E-state index contributed by atoms with van der Waals surface area (Å²) < 4.78 is 0. The summed E-state index contributed by atoms with van der Waals surface area (Å²) in [6.07, 6.45) is 6.35. The lowest BCUT2D eigenvalue weighted by Crippen LogP contribution is -2.31. The second-order valence-electron chi connectivity index (χ2n) is 4.08. The van der Waals surface area contributed by atoms with Crippen LogP contribution in [0.25, 0.3) is 0 Å². The van der Waals surface area contributed by atoms with E-state index in [-0.39, 0.29) is 5.78 Å². The highest BCUT2D eigenvalue weighted by molar-refractivity contribution is 5.95. The Morgan fingerprint density at radius 3 is 3.20 bits per heavy atom. The van der Waals surface area contributed by atoms with Crippen LogP contribution >= 0.6 is 0 Å². The topological polar surface area (TPSA) is 42.0 Å². The lowest BCUT2D eigenvalue weighted by atomic mass is 9.92. The Labute approximate surface area is 89.9 Å². The zero-order chi connectivity index (χ0) is 10.5. The Bertz CT molecular complexity index is 318. The van der Waals surface area contributed by atoms with Crippen LogP contribution in [0.4, 0.5) is 0 Å². The first kappa shape index (κ1) is 10.3. The highest BCUT2D eigenvalue weighted by Gasteiger charge is 2.17. The monoisotopic (exact) mass is 204 g/mol. The Kier molecular flexibility index (Phi) is 3.45. The van der Waals surface area contributed by atoms with Gasteiger partial charge in [-0.05, 0) is 44.0 Å². The first-order valence-corrected chi connectivity index (χ1v) is 5.50. The van der Waals surface area contributed by atoms with Gasteiger partial charge in [0.05, 0.1) is 0 Å². The molecule has 3 heteroatoms. The number of nitrogens with zero attached hydrogens (tertiary/aromatic N) is 1. The van der Waals surface area contributed by atoms with E-state index in [2.05, 4.69) is 10.3 Å². The van der Waals surface area contributed by atoms with Crippen molar-refractivity contribution in [3.63, 3.8) is 0 Å². The molecular weight excluding hydrogens is 188 g/mol. The average molecular weight is 204 g/mol. The Balaban J connectivity index is 1.91. The third-order valence-electron chi connectivity index (χ3n) is 2.86. The number of hydrogen-bond donors (Lipinski definition) is 1. The van der Waals surface area contributed by atoms with E-state index in [0.29, 0.717) is 12.3 Å². The number of aromatic nitrogens is 1.